The first kappa shape index (κ1) is 29.4. The topological polar surface area (TPSA) is 84.5 Å². The number of nitrogens with one attached hydrogen (secondary N) is 2. The molecule has 3 aromatic carbocycles. The van der Waals surface area contributed by atoms with Crippen molar-refractivity contribution in [2.75, 3.05) is 23.0 Å². The van der Waals surface area contributed by atoms with Gasteiger partial charge in [0.15, 0.2) is 0 Å². The fourth-order valence-electron chi connectivity index (χ4n) is 5.00. The normalized spacial score (nSPS) is 14.3. The zero-order valence-corrected chi connectivity index (χ0v) is 24.9. The summed E-state index contributed by atoms with van der Waals surface area (Å²) in [5.74, 6) is -0.289. The Balaban J connectivity index is 1.22. The van der Waals surface area contributed by atoms with Crippen LogP contribution in [0.1, 0.15) is 51.2 Å². The van der Waals surface area contributed by atoms with E-state index in [0.717, 1.165) is 40.2 Å². The van der Waals surface area contributed by atoms with E-state index in [9.17, 15) is 14.4 Å². The molecule has 42 heavy (non-hydrogen) atoms. The molecule has 2 amide bonds. The molecule has 0 fully saturated rings. The number of hydrogen-bond donors (Lipinski definition) is 2. The zero-order chi connectivity index (χ0) is 29.3. The van der Waals surface area contributed by atoms with Crippen molar-refractivity contribution in [3.63, 3.8) is 0 Å². The van der Waals surface area contributed by atoms with Gasteiger partial charge in [-0.3, -0.25) is 9.59 Å². The molecule has 2 N–H and O–H groups in total. The van der Waals surface area contributed by atoms with Crippen molar-refractivity contribution in [1.29, 1.82) is 0 Å². The highest BCUT2D eigenvalue weighted by molar-refractivity contribution is 8.00. The van der Waals surface area contributed by atoms with Crippen LogP contribution in [-0.2, 0) is 27.2 Å². The van der Waals surface area contributed by atoms with Crippen molar-refractivity contribution < 1.29 is 19.1 Å². The summed E-state index contributed by atoms with van der Waals surface area (Å²) in [6.07, 6.45) is 5.79. The predicted molar refractivity (Wildman–Crippen MR) is 171 cm³/mol. The Morgan fingerprint density at radius 2 is 1.74 bits per heavy atom. The molecule has 8 heteroatoms. The summed E-state index contributed by atoms with van der Waals surface area (Å²) in [4.78, 5) is 40.3. The van der Waals surface area contributed by atoms with Gasteiger partial charge in [0.1, 0.15) is 5.00 Å². The molecule has 0 spiro atoms. The van der Waals surface area contributed by atoms with Crippen molar-refractivity contribution in [2.24, 2.45) is 0 Å². The van der Waals surface area contributed by atoms with Gasteiger partial charge in [0.2, 0.25) is 11.8 Å². The number of ether oxygens (including phenoxy) is 1. The van der Waals surface area contributed by atoms with Gasteiger partial charge in [-0.15, -0.1) is 23.1 Å². The number of carbonyl (C=O) groups is 3. The molecule has 1 unspecified atom stereocenters. The van der Waals surface area contributed by atoms with E-state index >= 15 is 0 Å². The quantitative estimate of drug-likeness (QED) is 0.112. The number of hydrogen-bond acceptors (Lipinski definition) is 6. The summed E-state index contributed by atoms with van der Waals surface area (Å²) in [6.45, 7) is 2.06. The molecule has 5 rings (SSSR count). The van der Waals surface area contributed by atoms with Gasteiger partial charge < -0.3 is 15.4 Å². The lowest BCUT2D eigenvalue weighted by Gasteiger charge is -2.23. The molecule has 1 aliphatic carbocycles. The lowest BCUT2D eigenvalue weighted by molar-refractivity contribution is -0.114. The Kier molecular flexibility index (Phi) is 9.90. The van der Waals surface area contributed by atoms with Crippen LogP contribution in [0.25, 0.3) is 6.08 Å². The Hall–Kier alpha value is -4.14. The Labute approximate surface area is 254 Å². The lowest BCUT2D eigenvalue weighted by Crippen LogP contribution is -2.18. The van der Waals surface area contributed by atoms with E-state index in [1.807, 2.05) is 60.7 Å². The van der Waals surface area contributed by atoms with Crippen LogP contribution in [0.4, 0.5) is 10.7 Å². The van der Waals surface area contributed by atoms with E-state index < -0.39 is 0 Å². The molecule has 214 valence electrons. The van der Waals surface area contributed by atoms with Gasteiger partial charge in [0, 0.05) is 21.5 Å². The van der Waals surface area contributed by atoms with Crippen molar-refractivity contribution in [1.82, 2.24) is 0 Å². The second-order valence-corrected chi connectivity index (χ2v) is 12.0. The molecular weight excluding hydrogens is 565 g/mol. The Morgan fingerprint density at radius 1 is 0.976 bits per heavy atom. The summed E-state index contributed by atoms with van der Waals surface area (Å²) in [6, 6.07) is 27.4. The van der Waals surface area contributed by atoms with Crippen LogP contribution in [0.15, 0.2) is 95.9 Å². The van der Waals surface area contributed by atoms with Gasteiger partial charge in [-0.25, -0.2) is 4.79 Å². The fourth-order valence-corrected chi connectivity index (χ4v) is 7.08. The predicted octanol–water partition coefficient (Wildman–Crippen LogP) is 7.58. The van der Waals surface area contributed by atoms with E-state index in [1.165, 1.54) is 34.7 Å². The number of carbonyl (C=O) groups excluding carboxylic acids is 3. The molecule has 0 bridgehead atoms. The van der Waals surface area contributed by atoms with Crippen LogP contribution >= 0.6 is 23.1 Å². The molecule has 0 saturated carbocycles. The largest absolute Gasteiger partial charge is 0.462 e. The summed E-state index contributed by atoms with van der Waals surface area (Å²) >= 11 is 2.84. The standard InChI is InChI=1S/C34H32N2O4S2/c1-2-40-34(39)32-28-18-17-25(24-12-7-4-8-13-24)20-29(28)42-33(32)36-31(38)22-41-27-15-9-14-26(21-27)35-30(37)19-16-23-10-5-3-6-11-23/h3-16,19,21,25H,2,17-18,20,22H2,1H3,(H,35,37)(H,36,38)/b19-16+. The van der Waals surface area contributed by atoms with Gasteiger partial charge in [0.25, 0.3) is 0 Å². The molecule has 0 aliphatic heterocycles. The van der Waals surface area contributed by atoms with Gasteiger partial charge >= 0.3 is 5.97 Å². The number of thioether (sulfide) groups is 1. The first-order chi connectivity index (χ1) is 20.5. The van der Waals surface area contributed by atoms with Crippen LogP contribution < -0.4 is 10.6 Å². The van der Waals surface area contributed by atoms with Gasteiger partial charge in [0.05, 0.1) is 17.9 Å². The number of amides is 2. The highest BCUT2D eigenvalue weighted by Gasteiger charge is 2.30. The van der Waals surface area contributed by atoms with E-state index in [1.54, 1.807) is 13.0 Å². The van der Waals surface area contributed by atoms with Crippen LogP contribution in [0.3, 0.4) is 0 Å². The maximum atomic E-state index is 13.0. The third-order valence-corrected chi connectivity index (χ3v) is 9.13. The minimum absolute atomic E-state index is 0.156. The smallest absolute Gasteiger partial charge is 0.341 e. The monoisotopic (exact) mass is 596 g/mol. The van der Waals surface area contributed by atoms with Crippen molar-refractivity contribution >= 4 is 57.6 Å². The first-order valence-electron chi connectivity index (χ1n) is 13.9. The maximum Gasteiger partial charge on any atom is 0.341 e. The van der Waals surface area contributed by atoms with Gasteiger partial charge in [-0.1, -0.05) is 66.7 Å². The number of benzene rings is 3. The number of fused-ring (bicyclic) bond motifs is 1. The molecule has 6 nitrogen and oxygen atoms in total. The maximum absolute atomic E-state index is 13.0. The summed E-state index contributed by atoms with van der Waals surface area (Å²) in [5.41, 5.74) is 4.37. The third kappa shape index (κ3) is 7.57. The number of esters is 1. The van der Waals surface area contributed by atoms with Crippen molar-refractivity contribution in [3.05, 3.63) is 118 Å². The summed E-state index contributed by atoms with van der Waals surface area (Å²) < 4.78 is 5.37. The van der Waals surface area contributed by atoms with Crippen LogP contribution in [0.5, 0.6) is 0 Å². The highest BCUT2D eigenvalue weighted by atomic mass is 32.2. The van der Waals surface area contributed by atoms with Crippen LogP contribution in [0, 0.1) is 0 Å². The molecule has 1 aliphatic rings. The first-order valence-corrected chi connectivity index (χ1v) is 15.7. The second kappa shape index (κ2) is 14.2. The van der Waals surface area contributed by atoms with E-state index in [2.05, 4.69) is 34.9 Å². The molecule has 0 radical (unpaired) electrons. The molecular formula is C34H32N2O4S2. The lowest BCUT2D eigenvalue weighted by atomic mass is 9.83. The SMILES string of the molecule is CCOC(=O)c1c(NC(=O)CSc2cccc(NC(=O)/C=C/c3ccccc3)c2)sc2c1CCC(c1ccccc1)C2. The minimum Gasteiger partial charge on any atom is -0.462 e. The number of thiophene rings is 1. The molecule has 1 aromatic heterocycles. The fraction of sp³-hybridized carbons (Fsp3) is 0.206. The van der Waals surface area contributed by atoms with Crippen LogP contribution in [0.2, 0.25) is 0 Å². The van der Waals surface area contributed by atoms with E-state index in [4.69, 9.17) is 4.74 Å². The third-order valence-electron chi connectivity index (χ3n) is 6.97. The van der Waals surface area contributed by atoms with Crippen LogP contribution in [-0.4, -0.2) is 30.1 Å². The summed E-state index contributed by atoms with van der Waals surface area (Å²) in [7, 11) is 0. The molecule has 0 saturated heterocycles. The molecule has 1 heterocycles. The average Bonchev–Trinajstić information content (AvgIpc) is 3.37. The molecule has 1 atom stereocenters. The van der Waals surface area contributed by atoms with Gasteiger partial charge in [-0.2, -0.15) is 0 Å². The van der Waals surface area contributed by atoms with Gasteiger partial charge in [-0.05, 0) is 73.1 Å². The zero-order valence-electron chi connectivity index (χ0n) is 23.3. The van der Waals surface area contributed by atoms with Crippen molar-refractivity contribution in [3.8, 4) is 0 Å². The number of anilines is 2. The average molecular weight is 597 g/mol. The van der Waals surface area contributed by atoms with Crippen molar-refractivity contribution in [2.45, 2.75) is 37.0 Å². The number of rotatable bonds is 10. The second-order valence-electron chi connectivity index (χ2n) is 9.88. The minimum atomic E-state index is -0.388. The molecule has 4 aromatic rings. The van der Waals surface area contributed by atoms with E-state index in [0.29, 0.717) is 22.2 Å². The highest BCUT2D eigenvalue weighted by Crippen LogP contribution is 2.43. The Morgan fingerprint density at radius 3 is 2.50 bits per heavy atom. The van der Waals surface area contributed by atoms with E-state index in [-0.39, 0.29) is 30.1 Å². The summed E-state index contributed by atoms with van der Waals surface area (Å²) in [5, 5.41) is 6.41. The Bertz CT molecular complexity index is 1580.